The molecule has 7 nitrogen and oxygen atoms in total. The highest BCUT2D eigenvalue weighted by Crippen LogP contribution is 2.18. The Labute approximate surface area is 158 Å². The number of morpholine rings is 1. The topological polar surface area (TPSA) is 92.8 Å². The molecule has 0 bridgehead atoms. The number of rotatable bonds is 6. The van der Waals surface area contributed by atoms with Gasteiger partial charge in [-0.2, -0.15) is 0 Å². The van der Waals surface area contributed by atoms with Crippen molar-refractivity contribution in [2.75, 3.05) is 24.6 Å². The van der Waals surface area contributed by atoms with Crippen LogP contribution in [-0.2, 0) is 19.6 Å². The first-order valence-electron chi connectivity index (χ1n) is 8.44. The summed E-state index contributed by atoms with van der Waals surface area (Å²) in [5.41, 5.74) is 1.07. The van der Waals surface area contributed by atoms with Gasteiger partial charge in [-0.05, 0) is 31.2 Å². The highest BCUT2D eigenvalue weighted by atomic mass is 32.2. The summed E-state index contributed by atoms with van der Waals surface area (Å²) in [6, 6.07) is 15.0. The van der Waals surface area contributed by atoms with Crippen molar-refractivity contribution < 1.29 is 22.7 Å². The summed E-state index contributed by atoms with van der Waals surface area (Å²) >= 11 is 0. The maximum Gasteiger partial charge on any atom is 0.253 e. The van der Waals surface area contributed by atoms with Crippen LogP contribution in [0.1, 0.15) is 17.3 Å². The van der Waals surface area contributed by atoms with Crippen LogP contribution in [0.2, 0.25) is 0 Å². The highest BCUT2D eigenvalue weighted by molar-refractivity contribution is 7.89. The van der Waals surface area contributed by atoms with Gasteiger partial charge in [0, 0.05) is 17.8 Å². The van der Waals surface area contributed by atoms with Crippen LogP contribution in [0.15, 0.2) is 59.5 Å². The molecule has 0 saturated carbocycles. The first-order chi connectivity index (χ1) is 12.9. The van der Waals surface area contributed by atoms with E-state index < -0.39 is 16.1 Å². The summed E-state index contributed by atoms with van der Waals surface area (Å²) < 4.78 is 33.0. The third-order valence-corrected chi connectivity index (χ3v) is 5.67. The predicted molar refractivity (Wildman–Crippen MR) is 100 cm³/mol. The van der Waals surface area contributed by atoms with E-state index in [0.29, 0.717) is 5.56 Å². The molecule has 0 spiro atoms. The second-order valence-electron chi connectivity index (χ2n) is 6.21. The van der Waals surface area contributed by atoms with E-state index >= 15 is 0 Å². The van der Waals surface area contributed by atoms with Crippen molar-refractivity contribution in [3.8, 4) is 0 Å². The highest BCUT2D eigenvalue weighted by Gasteiger charge is 2.28. The largest absolute Gasteiger partial charge is 0.365 e. The van der Waals surface area contributed by atoms with Crippen LogP contribution in [0, 0.1) is 0 Å². The molecule has 1 heterocycles. The van der Waals surface area contributed by atoms with Crippen molar-refractivity contribution in [3.63, 3.8) is 0 Å². The zero-order chi connectivity index (χ0) is 19.4. The van der Waals surface area contributed by atoms with E-state index in [4.69, 9.17) is 4.74 Å². The van der Waals surface area contributed by atoms with Crippen LogP contribution in [0.25, 0.3) is 0 Å². The first-order valence-corrected chi connectivity index (χ1v) is 9.93. The number of ether oxygens (including phenoxy) is 1. The lowest BCUT2D eigenvalue weighted by molar-refractivity contribution is -0.129. The Kier molecular flexibility index (Phi) is 5.69. The van der Waals surface area contributed by atoms with E-state index in [-0.39, 0.29) is 36.3 Å². The molecule has 1 aliphatic rings. The molecule has 1 fully saturated rings. The smallest absolute Gasteiger partial charge is 0.253 e. The summed E-state index contributed by atoms with van der Waals surface area (Å²) in [7, 11) is -3.80. The van der Waals surface area contributed by atoms with Crippen LogP contribution in [-0.4, -0.2) is 45.9 Å². The molecule has 1 amide bonds. The van der Waals surface area contributed by atoms with E-state index in [1.54, 1.807) is 11.0 Å². The van der Waals surface area contributed by atoms with Crippen LogP contribution < -0.4 is 9.62 Å². The fourth-order valence-electron chi connectivity index (χ4n) is 2.77. The van der Waals surface area contributed by atoms with Gasteiger partial charge in [-0.1, -0.05) is 30.3 Å². The Bertz CT molecular complexity index is 944. The molecule has 1 N–H and O–H groups in total. The molecule has 0 radical (unpaired) electrons. The van der Waals surface area contributed by atoms with E-state index in [2.05, 4.69) is 4.72 Å². The molecule has 3 rings (SSSR count). The van der Waals surface area contributed by atoms with Crippen LogP contribution >= 0.6 is 0 Å². The number of carbonyl (C=O) groups excluding carboxylic acids is 2. The van der Waals surface area contributed by atoms with Crippen molar-refractivity contribution in [1.29, 1.82) is 0 Å². The van der Waals surface area contributed by atoms with Gasteiger partial charge in [0.15, 0.2) is 5.78 Å². The summed E-state index contributed by atoms with van der Waals surface area (Å²) in [5, 5.41) is 0. The lowest BCUT2D eigenvalue weighted by atomic mass is 10.2. The fourth-order valence-corrected chi connectivity index (χ4v) is 3.89. The molecule has 0 aromatic heterocycles. The Morgan fingerprint density at radius 2 is 1.93 bits per heavy atom. The van der Waals surface area contributed by atoms with Crippen molar-refractivity contribution in [3.05, 3.63) is 60.2 Å². The van der Waals surface area contributed by atoms with Crippen LogP contribution in [0.4, 0.5) is 5.69 Å². The minimum atomic E-state index is -3.80. The lowest BCUT2D eigenvalue weighted by Gasteiger charge is -2.32. The number of Topliss-reactive ketones (excluding diaryl/α,β-unsaturated/α-hetero) is 1. The Morgan fingerprint density at radius 3 is 2.63 bits per heavy atom. The summed E-state index contributed by atoms with van der Waals surface area (Å²) in [5.74, 6) is -0.380. The van der Waals surface area contributed by atoms with Crippen molar-refractivity contribution in [2.24, 2.45) is 0 Å². The number of nitrogens with zero attached hydrogens (tertiary/aromatic N) is 1. The number of nitrogens with one attached hydrogen (secondary N) is 1. The number of hydrogen-bond donors (Lipinski definition) is 1. The SMILES string of the molecule is CC(=O)c1cccc(S(=O)(=O)NCC2CN(c3ccccc3)C(=O)CO2)c1. The quantitative estimate of drug-likeness (QED) is 0.759. The van der Waals surface area contributed by atoms with Crippen LogP contribution in [0.3, 0.4) is 0 Å². The number of carbonyl (C=O) groups is 2. The maximum absolute atomic E-state index is 12.5. The van der Waals surface area contributed by atoms with E-state index in [1.165, 1.54) is 25.1 Å². The Hall–Kier alpha value is -2.55. The van der Waals surface area contributed by atoms with Gasteiger partial charge in [-0.15, -0.1) is 0 Å². The molecule has 27 heavy (non-hydrogen) atoms. The van der Waals surface area contributed by atoms with Gasteiger partial charge in [0.2, 0.25) is 10.0 Å². The summed E-state index contributed by atoms with van der Waals surface area (Å²) in [6.07, 6.45) is -0.478. The van der Waals surface area contributed by atoms with Gasteiger partial charge in [0.25, 0.3) is 5.91 Å². The van der Waals surface area contributed by atoms with Crippen molar-refractivity contribution in [2.45, 2.75) is 17.9 Å². The van der Waals surface area contributed by atoms with E-state index in [1.807, 2.05) is 30.3 Å². The maximum atomic E-state index is 12.5. The number of anilines is 1. The molecule has 1 unspecified atom stereocenters. The third kappa shape index (κ3) is 4.60. The van der Waals surface area contributed by atoms with E-state index in [0.717, 1.165) is 5.69 Å². The number of benzene rings is 2. The zero-order valence-corrected chi connectivity index (χ0v) is 15.6. The van der Waals surface area contributed by atoms with Gasteiger partial charge in [0.1, 0.15) is 6.61 Å². The summed E-state index contributed by atoms with van der Waals surface area (Å²) in [6.45, 7) is 1.54. The normalized spacial score (nSPS) is 17.7. The van der Waals surface area contributed by atoms with Crippen molar-refractivity contribution >= 4 is 27.4 Å². The number of ketones is 1. The first kappa shape index (κ1) is 19.2. The molecule has 142 valence electrons. The van der Waals surface area contributed by atoms with E-state index in [9.17, 15) is 18.0 Å². The monoisotopic (exact) mass is 388 g/mol. The molecular weight excluding hydrogens is 368 g/mol. The molecule has 1 saturated heterocycles. The Balaban J connectivity index is 1.68. The zero-order valence-electron chi connectivity index (χ0n) is 14.8. The Morgan fingerprint density at radius 1 is 1.19 bits per heavy atom. The molecule has 0 aliphatic carbocycles. The van der Waals surface area contributed by atoms with Gasteiger partial charge in [-0.25, -0.2) is 13.1 Å². The van der Waals surface area contributed by atoms with Gasteiger partial charge >= 0.3 is 0 Å². The number of hydrogen-bond acceptors (Lipinski definition) is 5. The average Bonchev–Trinajstić information content (AvgIpc) is 2.68. The number of amides is 1. The minimum Gasteiger partial charge on any atom is -0.365 e. The van der Waals surface area contributed by atoms with Gasteiger partial charge in [0.05, 0.1) is 17.5 Å². The fraction of sp³-hybridized carbons (Fsp3) is 0.263. The molecule has 8 heteroatoms. The number of sulfonamides is 1. The standard InChI is InChI=1S/C19H20N2O5S/c1-14(22)15-6-5-9-18(10-15)27(24,25)20-11-17-12-21(19(23)13-26-17)16-7-3-2-4-8-16/h2-10,17,20H,11-13H2,1H3. The minimum absolute atomic E-state index is 0.0157. The second-order valence-corrected chi connectivity index (χ2v) is 7.98. The summed E-state index contributed by atoms with van der Waals surface area (Å²) in [4.78, 5) is 25.2. The predicted octanol–water partition coefficient (Wildman–Crippen LogP) is 1.60. The third-order valence-electron chi connectivity index (χ3n) is 4.25. The average molecular weight is 388 g/mol. The molecular formula is C19H20N2O5S. The molecule has 2 aromatic rings. The molecule has 1 atom stereocenters. The number of para-hydroxylation sites is 1. The van der Waals surface area contributed by atoms with Gasteiger partial charge < -0.3 is 9.64 Å². The van der Waals surface area contributed by atoms with Crippen LogP contribution in [0.5, 0.6) is 0 Å². The van der Waals surface area contributed by atoms with Crippen molar-refractivity contribution in [1.82, 2.24) is 4.72 Å². The molecule has 1 aliphatic heterocycles. The second kappa shape index (κ2) is 7.99. The molecule has 2 aromatic carbocycles. The lowest BCUT2D eigenvalue weighted by Crippen LogP contribution is -2.50. The van der Waals surface area contributed by atoms with Gasteiger partial charge in [-0.3, -0.25) is 9.59 Å².